The molecule has 2 aromatic heterocycles. The number of aromatic carboxylic acids is 1. The van der Waals surface area contributed by atoms with Crippen LogP contribution in [0.5, 0.6) is 0 Å². The van der Waals surface area contributed by atoms with E-state index in [1.54, 1.807) is 23.0 Å². The third-order valence-electron chi connectivity index (χ3n) is 2.58. The Morgan fingerprint density at radius 1 is 1.33 bits per heavy atom. The van der Waals surface area contributed by atoms with Gasteiger partial charge in [0.2, 0.25) is 5.76 Å². The van der Waals surface area contributed by atoms with Gasteiger partial charge in [0.15, 0.2) is 0 Å². The molecule has 0 saturated carbocycles. The molecule has 0 saturated heterocycles. The first kappa shape index (κ1) is 12.2. The Hall–Kier alpha value is -2.24. The first-order chi connectivity index (χ1) is 8.61. The Labute approximate surface area is 103 Å². The number of aryl methyl sites for hydroxylation is 1. The number of rotatable bonds is 5. The van der Waals surface area contributed by atoms with Gasteiger partial charge in [-0.25, -0.2) is 9.59 Å². The van der Waals surface area contributed by atoms with E-state index in [0.29, 0.717) is 12.3 Å². The molecule has 0 aromatic carbocycles. The summed E-state index contributed by atoms with van der Waals surface area (Å²) in [4.78, 5) is 22.5. The van der Waals surface area contributed by atoms with E-state index >= 15 is 0 Å². The summed E-state index contributed by atoms with van der Waals surface area (Å²) in [7, 11) is 0. The summed E-state index contributed by atoms with van der Waals surface area (Å²) in [5, 5.41) is 8.73. The highest BCUT2D eigenvalue weighted by atomic mass is 16.4. The van der Waals surface area contributed by atoms with Crippen molar-refractivity contribution in [2.45, 2.75) is 26.4 Å². The van der Waals surface area contributed by atoms with Crippen LogP contribution in [-0.4, -0.2) is 20.2 Å². The maximum Gasteiger partial charge on any atom is 0.371 e. The first-order valence-electron chi connectivity index (χ1n) is 5.69. The van der Waals surface area contributed by atoms with Crippen LogP contribution in [0, 0.1) is 0 Å². The molecule has 0 spiro atoms. The Morgan fingerprint density at radius 3 is 2.67 bits per heavy atom. The Bertz CT molecular complexity index is 606. The Morgan fingerprint density at radius 2 is 2.06 bits per heavy atom. The monoisotopic (exact) mass is 250 g/mol. The number of furan rings is 1. The van der Waals surface area contributed by atoms with Crippen molar-refractivity contribution >= 4 is 5.97 Å². The molecule has 1 N–H and O–H groups in total. The molecule has 0 atom stereocenters. The molecular weight excluding hydrogens is 236 g/mol. The summed E-state index contributed by atoms with van der Waals surface area (Å²) in [6.07, 6.45) is 4.27. The first-order valence-corrected chi connectivity index (χ1v) is 5.69. The van der Waals surface area contributed by atoms with Crippen molar-refractivity contribution in [3.63, 3.8) is 0 Å². The van der Waals surface area contributed by atoms with Crippen LogP contribution in [0.1, 0.15) is 29.7 Å². The molecule has 0 fully saturated rings. The Balaban J connectivity index is 2.18. The van der Waals surface area contributed by atoms with Crippen molar-refractivity contribution in [3.05, 3.63) is 46.5 Å². The molecule has 0 radical (unpaired) electrons. The minimum Gasteiger partial charge on any atom is -0.475 e. The smallest absolute Gasteiger partial charge is 0.371 e. The zero-order chi connectivity index (χ0) is 13.1. The van der Waals surface area contributed by atoms with Gasteiger partial charge in [0.05, 0.1) is 6.54 Å². The molecule has 6 nitrogen and oxygen atoms in total. The minimum absolute atomic E-state index is 0.119. The average Bonchev–Trinajstić information content (AvgIpc) is 2.91. The van der Waals surface area contributed by atoms with E-state index in [4.69, 9.17) is 9.52 Å². The van der Waals surface area contributed by atoms with E-state index in [1.165, 1.54) is 10.6 Å². The zero-order valence-corrected chi connectivity index (χ0v) is 10.00. The van der Waals surface area contributed by atoms with Crippen LogP contribution in [0.25, 0.3) is 0 Å². The van der Waals surface area contributed by atoms with Gasteiger partial charge in [-0.3, -0.25) is 9.13 Å². The second-order valence-corrected chi connectivity index (χ2v) is 3.97. The maximum absolute atomic E-state index is 11.9. The molecule has 6 heteroatoms. The molecular formula is C12H14N2O4. The summed E-state index contributed by atoms with van der Waals surface area (Å²) in [6.45, 7) is 2.91. The number of carboxylic acids is 1. The lowest BCUT2D eigenvalue weighted by molar-refractivity contribution is 0.0660. The van der Waals surface area contributed by atoms with Crippen LogP contribution in [0.2, 0.25) is 0 Å². The topological polar surface area (TPSA) is 77.4 Å². The molecule has 2 rings (SSSR count). The lowest BCUT2D eigenvalue weighted by atomic mass is 10.4. The number of hydrogen-bond acceptors (Lipinski definition) is 3. The quantitative estimate of drug-likeness (QED) is 0.870. The molecule has 96 valence electrons. The van der Waals surface area contributed by atoms with Crippen LogP contribution >= 0.6 is 0 Å². The van der Waals surface area contributed by atoms with Crippen molar-refractivity contribution in [2.75, 3.05) is 0 Å². The predicted molar refractivity (Wildman–Crippen MR) is 63.8 cm³/mol. The van der Waals surface area contributed by atoms with Crippen molar-refractivity contribution in [1.29, 1.82) is 0 Å². The molecule has 2 aromatic rings. The lowest BCUT2D eigenvalue weighted by Gasteiger charge is -1.99. The molecule has 0 aliphatic heterocycles. The fraction of sp³-hybridized carbons (Fsp3) is 0.333. The van der Waals surface area contributed by atoms with Gasteiger partial charge >= 0.3 is 11.7 Å². The molecule has 0 amide bonds. The van der Waals surface area contributed by atoms with Gasteiger partial charge < -0.3 is 9.52 Å². The van der Waals surface area contributed by atoms with E-state index in [1.807, 2.05) is 6.92 Å². The van der Waals surface area contributed by atoms with Crippen LogP contribution < -0.4 is 5.69 Å². The highest BCUT2D eigenvalue weighted by molar-refractivity contribution is 5.84. The second-order valence-electron chi connectivity index (χ2n) is 3.97. The van der Waals surface area contributed by atoms with Crippen molar-refractivity contribution < 1.29 is 14.3 Å². The van der Waals surface area contributed by atoms with Gasteiger partial charge in [0, 0.05) is 18.9 Å². The lowest BCUT2D eigenvalue weighted by Crippen LogP contribution is -2.24. The van der Waals surface area contributed by atoms with Crippen molar-refractivity contribution in [3.8, 4) is 0 Å². The van der Waals surface area contributed by atoms with Gasteiger partial charge in [-0.2, -0.15) is 0 Å². The van der Waals surface area contributed by atoms with Gasteiger partial charge in [-0.1, -0.05) is 6.92 Å². The van der Waals surface area contributed by atoms with Crippen molar-refractivity contribution in [2.24, 2.45) is 0 Å². The maximum atomic E-state index is 11.9. The normalized spacial score (nSPS) is 10.7. The predicted octanol–water partition coefficient (Wildman–Crippen LogP) is 1.40. The largest absolute Gasteiger partial charge is 0.475 e. The van der Waals surface area contributed by atoms with E-state index in [9.17, 15) is 9.59 Å². The SMILES string of the molecule is CCCn1ccn(Cc2ccc(C(=O)O)o2)c1=O. The fourth-order valence-corrected chi connectivity index (χ4v) is 1.73. The Kier molecular flexibility index (Phi) is 3.36. The second kappa shape index (κ2) is 4.95. The van der Waals surface area contributed by atoms with Crippen LogP contribution in [0.15, 0.2) is 33.7 Å². The van der Waals surface area contributed by atoms with E-state index in [0.717, 1.165) is 6.42 Å². The molecule has 2 heterocycles. The van der Waals surface area contributed by atoms with E-state index in [-0.39, 0.29) is 18.0 Å². The van der Waals surface area contributed by atoms with Crippen LogP contribution in [0.3, 0.4) is 0 Å². The van der Waals surface area contributed by atoms with Crippen LogP contribution in [-0.2, 0) is 13.1 Å². The third kappa shape index (κ3) is 2.37. The molecule has 0 aliphatic rings. The molecule has 18 heavy (non-hydrogen) atoms. The van der Waals surface area contributed by atoms with Crippen molar-refractivity contribution in [1.82, 2.24) is 9.13 Å². The summed E-state index contributed by atoms with van der Waals surface area (Å²) in [5.74, 6) is -0.785. The standard InChI is InChI=1S/C12H14N2O4/c1-2-5-13-6-7-14(12(13)17)8-9-3-4-10(18-9)11(15)16/h3-4,6-7H,2,5,8H2,1H3,(H,15,16). The van der Waals surface area contributed by atoms with Gasteiger partial charge in [-0.05, 0) is 18.6 Å². The summed E-state index contributed by atoms with van der Waals surface area (Å²) in [6, 6.07) is 2.94. The van der Waals surface area contributed by atoms with E-state index in [2.05, 4.69) is 0 Å². The molecule has 0 aliphatic carbocycles. The van der Waals surface area contributed by atoms with Gasteiger partial charge in [0.25, 0.3) is 0 Å². The highest BCUT2D eigenvalue weighted by Gasteiger charge is 2.10. The number of imidazole rings is 1. The number of carbonyl (C=O) groups is 1. The fourth-order valence-electron chi connectivity index (χ4n) is 1.73. The van der Waals surface area contributed by atoms with Gasteiger partial charge in [-0.15, -0.1) is 0 Å². The van der Waals surface area contributed by atoms with Gasteiger partial charge in [0.1, 0.15) is 5.76 Å². The third-order valence-corrected chi connectivity index (χ3v) is 2.58. The zero-order valence-electron chi connectivity index (χ0n) is 10.00. The summed E-state index contributed by atoms with van der Waals surface area (Å²) in [5.41, 5.74) is -0.120. The van der Waals surface area contributed by atoms with Crippen LogP contribution in [0.4, 0.5) is 0 Å². The number of aromatic nitrogens is 2. The van der Waals surface area contributed by atoms with E-state index < -0.39 is 5.97 Å². The minimum atomic E-state index is -1.11. The average molecular weight is 250 g/mol. The number of hydrogen-bond donors (Lipinski definition) is 1. The molecule has 0 bridgehead atoms. The summed E-state index contributed by atoms with van der Waals surface area (Å²) >= 11 is 0. The highest BCUT2D eigenvalue weighted by Crippen LogP contribution is 2.08. The number of carboxylic acid groups (broad SMARTS) is 1. The number of nitrogens with zero attached hydrogens (tertiary/aromatic N) is 2. The summed E-state index contributed by atoms with van der Waals surface area (Å²) < 4.78 is 8.20. The molecule has 0 unspecified atom stereocenters.